The van der Waals surface area contributed by atoms with Crippen LogP contribution in [0, 0.1) is 5.92 Å². The predicted molar refractivity (Wildman–Crippen MR) is 99.4 cm³/mol. The van der Waals surface area contributed by atoms with Crippen molar-refractivity contribution in [2.45, 2.75) is 17.1 Å². The Kier molecular flexibility index (Phi) is 5.40. The molecular formula is C17H19N3O4S2. The first-order valence-corrected chi connectivity index (χ1v) is 10.4. The molecule has 26 heavy (non-hydrogen) atoms. The number of anilines is 1. The van der Waals surface area contributed by atoms with E-state index in [0.717, 1.165) is 11.3 Å². The van der Waals surface area contributed by atoms with Crippen molar-refractivity contribution >= 4 is 38.9 Å². The molecule has 2 aromatic rings. The Morgan fingerprint density at radius 2 is 1.96 bits per heavy atom. The standard InChI is InChI=1S/C17H19N3O4S2/c18-16(21)13-6-1-2-7-14(13)19-17(22)12-5-3-9-20(11-12)26(23,24)15-8-4-10-25-15/h1-2,4,6-8,10,12H,3,5,9,11H2,(H2,18,21)(H,19,22). The van der Waals surface area contributed by atoms with Gasteiger partial charge in [-0.25, -0.2) is 8.42 Å². The average molecular weight is 393 g/mol. The molecule has 0 aliphatic carbocycles. The molecule has 1 aromatic carbocycles. The number of hydrogen-bond donors (Lipinski definition) is 2. The molecule has 1 aliphatic heterocycles. The number of amides is 2. The zero-order valence-electron chi connectivity index (χ0n) is 13.9. The predicted octanol–water partition coefficient (Wildman–Crippen LogP) is 1.89. The lowest BCUT2D eigenvalue weighted by Gasteiger charge is -2.30. The van der Waals surface area contributed by atoms with E-state index in [1.54, 1.807) is 35.7 Å². The molecule has 1 unspecified atom stereocenters. The highest BCUT2D eigenvalue weighted by molar-refractivity contribution is 7.91. The van der Waals surface area contributed by atoms with Crippen molar-refractivity contribution in [2.24, 2.45) is 11.7 Å². The van der Waals surface area contributed by atoms with Gasteiger partial charge in [-0.05, 0) is 36.4 Å². The highest BCUT2D eigenvalue weighted by atomic mass is 32.2. The normalized spacial score (nSPS) is 18.4. The SMILES string of the molecule is NC(=O)c1ccccc1NC(=O)C1CCCN(S(=O)(=O)c2cccs2)C1. The van der Waals surface area contributed by atoms with Crippen molar-refractivity contribution in [3.8, 4) is 0 Å². The van der Waals surface area contributed by atoms with Crippen LogP contribution in [-0.4, -0.2) is 37.6 Å². The van der Waals surface area contributed by atoms with E-state index < -0.39 is 21.8 Å². The van der Waals surface area contributed by atoms with E-state index >= 15 is 0 Å². The summed E-state index contributed by atoms with van der Waals surface area (Å²) in [6, 6.07) is 9.73. The summed E-state index contributed by atoms with van der Waals surface area (Å²) in [6.07, 6.45) is 1.18. The van der Waals surface area contributed by atoms with Crippen molar-refractivity contribution in [3.63, 3.8) is 0 Å². The zero-order chi connectivity index (χ0) is 18.7. The summed E-state index contributed by atoms with van der Waals surface area (Å²) in [5, 5.41) is 4.42. The second kappa shape index (κ2) is 7.56. The number of piperidine rings is 1. The third-order valence-corrected chi connectivity index (χ3v) is 7.53. The first-order valence-electron chi connectivity index (χ1n) is 8.13. The first kappa shape index (κ1) is 18.6. The number of sulfonamides is 1. The van der Waals surface area contributed by atoms with Crippen LogP contribution in [0.4, 0.5) is 5.69 Å². The van der Waals surface area contributed by atoms with Gasteiger partial charge in [0.1, 0.15) is 4.21 Å². The van der Waals surface area contributed by atoms with Crippen LogP contribution in [0.2, 0.25) is 0 Å². The number of para-hydroxylation sites is 1. The van der Waals surface area contributed by atoms with Gasteiger partial charge in [0.25, 0.3) is 15.9 Å². The van der Waals surface area contributed by atoms with E-state index in [1.807, 2.05) is 0 Å². The van der Waals surface area contributed by atoms with Crippen LogP contribution in [0.5, 0.6) is 0 Å². The largest absolute Gasteiger partial charge is 0.366 e. The summed E-state index contributed by atoms with van der Waals surface area (Å²) in [5.41, 5.74) is 5.88. The van der Waals surface area contributed by atoms with Gasteiger partial charge in [0.2, 0.25) is 5.91 Å². The topological polar surface area (TPSA) is 110 Å². The van der Waals surface area contributed by atoms with Gasteiger partial charge in [-0.15, -0.1) is 11.3 Å². The fourth-order valence-electron chi connectivity index (χ4n) is 2.95. The van der Waals surface area contributed by atoms with E-state index in [4.69, 9.17) is 5.73 Å². The second-order valence-electron chi connectivity index (χ2n) is 6.03. The minimum absolute atomic E-state index is 0.116. The molecule has 1 saturated heterocycles. The molecule has 2 amide bonds. The Labute approximate surface area is 155 Å². The summed E-state index contributed by atoms with van der Waals surface area (Å²) in [4.78, 5) is 24.1. The van der Waals surface area contributed by atoms with E-state index in [0.29, 0.717) is 25.1 Å². The number of carbonyl (C=O) groups is 2. The molecule has 1 fully saturated rings. The monoisotopic (exact) mass is 393 g/mol. The number of nitrogens with one attached hydrogen (secondary N) is 1. The van der Waals surface area contributed by atoms with Crippen LogP contribution in [-0.2, 0) is 14.8 Å². The number of benzene rings is 1. The van der Waals surface area contributed by atoms with Gasteiger partial charge in [0.15, 0.2) is 0 Å². The molecule has 3 rings (SSSR count). The van der Waals surface area contributed by atoms with Crippen molar-refractivity contribution in [3.05, 3.63) is 47.3 Å². The van der Waals surface area contributed by atoms with Crippen LogP contribution in [0.15, 0.2) is 46.0 Å². The van der Waals surface area contributed by atoms with E-state index in [1.165, 1.54) is 10.4 Å². The molecule has 0 saturated carbocycles. The molecule has 7 nitrogen and oxygen atoms in total. The lowest BCUT2D eigenvalue weighted by Crippen LogP contribution is -2.43. The lowest BCUT2D eigenvalue weighted by atomic mass is 9.98. The number of nitrogens with two attached hydrogens (primary N) is 1. The van der Waals surface area contributed by atoms with E-state index in [9.17, 15) is 18.0 Å². The molecule has 2 heterocycles. The number of nitrogens with zero attached hydrogens (tertiary/aromatic N) is 1. The summed E-state index contributed by atoms with van der Waals surface area (Å²) in [6.45, 7) is 0.507. The van der Waals surface area contributed by atoms with Crippen LogP contribution in [0.3, 0.4) is 0 Å². The maximum Gasteiger partial charge on any atom is 0.252 e. The van der Waals surface area contributed by atoms with Gasteiger partial charge in [-0.3, -0.25) is 9.59 Å². The van der Waals surface area contributed by atoms with Gasteiger partial charge in [-0.2, -0.15) is 4.31 Å². The van der Waals surface area contributed by atoms with Crippen LogP contribution in [0.1, 0.15) is 23.2 Å². The molecule has 1 atom stereocenters. The van der Waals surface area contributed by atoms with Crippen molar-refractivity contribution in [1.29, 1.82) is 0 Å². The van der Waals surface area contributed by atoms with Crippen molar-refractivity contribution in [1.82, 2.24) is 4.31 Å². The van der Waals surface area contributed by atoms with Gasteiger partial charge < -0.3 is 11.1 Å². The highest BCUT2D eigenvalue weighted by Crippen LogP contribution is 2.27. The third-order valence-electron chi connectivity index (χ3n) is 4.29. The molecule has 0 radical (unpaired) electrons. The third kappa shape index (κ3) is 3.79. The molecule has 1 aliphatic rings. The average Bonchev–Trinajstić information content (AvgIpc) is 3.17. The Bertz CT molecular complexity index is 910. The van der Waals surface area contributed by atoms with Gasteiger partial charge in [-0.1, -0.05) is 18.2 Å². The lowest BCUT2D eigenvalue weighted by molar-refractivity contribution is -0.120. The minimum Gasteiger partial charge on any atom is -0.366 e. The van der Waals surface area contributed by atoms with Gasteiger partial charge >= 0.3 is 0 Å². The minimum atomic E-state index is -3.58. The first-order chi connectivity index (χ1) is 12.4. The number of primary amides is 1. The van der Waals surface area contributed by atoms with Crippen molar-refractivity contribution < 1.29 is 18.0 Å². The molecule has 1 aromatic heterocycles. The Hall–Kier alpha value is -2.23. The molecule has 0 bridgehead atoms. The Morgan fingerprint density at radius 1 is 1.19 bits per heavy atom. The molecular weight excluding hydrogens is 374 g/mol. The quantitative estimate of drug-likeness (QED) is 0.808. The van der Waals surface area contributed by atoms with E-state index in [2.05, 4.69) is 5.32 Å². The van der Waals surface area contributed by atoms with Crippen LogP contribution in [0.25, 0.3) is 0 Å². The summed E-state index contributed by atoms with van der Waals surface area (Å²) in [5.74, 6) is -1.43. The van der Waals surface area contributed by atoms with Crippen LogP contribution < -0.4 is 11.1 Å². The van der Waals surface area contributed by atoms with E-state index in [-0.39, 0.29) is 22.2 Å². The summed E-state index contributed by atoms with van der Waals surface area (Å²) >= 11 is 1.16. The number of carbonyl (C=O) groups excluding carboxylic acids is 2. The molecule has 138 valence electrons. The fourth-order valence-corrected chi connectivity index (χ4v) is 5.62. The Morgan fingerprint density at radius 3 is 2.65 bits per heavy atom. The second-order valence-corrected chi connectivity index (χ2v) is 9.15. The summed E-state index contributed by atoms with van der Waals surface area (Å²) in [7, 11) is -3.58. The van der Waals surface area contributed by atoms with Gasteiger partial charge in [0.05, 0.1) is 17.2 Å². The molecule has 3 N–H and O–H groups in total. The summed E-state index contributed by atoms with van der Waals surface area (Å²) < 4.78 is 27.0. The molecule has 0 spiro atoms. The fraction of sp³-hybridized carbons (Fsp3) is 0.294. The maximum absolute atomic E-state index is 12.7. The Balaban J connectivity index is 1.74. The van der Waals surface area contributed by atoms with Crippen LogP contribution >= 0.6 is 11.3 Å². The molecule has 9 heteroatoms. The maximum atomic E-state index is 12.7. The van der Waals surface area contributed by atoms with Crippen molar-refractivity contribution in [2.75, 3.05) is 18.4 Å². The number of hydrogen-bond acceptors (Lipinski definition) is 5. The number of thiophene rings is 1. The smallest absolute Gasteiger partial charge is 0.252 e. The highest BCUT2D eigenvalue weighted by Gasteiger charge is 2.34. The van der Waals surface area contributed by atoms with Gasteiger partial charge in [0, 0.05) is 13.1 Å². The zero-order valence-corrected chi connectivity index (χ0v) is 15.6. The number of rotatable bonds is 5.